The largest absolute Gasteiger partial charge is 0.497 e. The van der Waals surface area contributed by atoms with Gasteiger partial charge in [0.1, 0.15) is 11.9 Å². The van der Waals surface area contributed by atoms with Gasteiger partial charge in [0.15, 0.2) is 0 Å². The highest BCUT2D eigenvalue weighted by Crippen LogP contribution is 2.26. The highest BCUT2D eigenvalue weighted by molar-refractivity contribution is 5.37. The lowest BCUT2D eigenvalue weighted by molar-refractivity contribution is 0.213. The SMILES string of the molecule is COc1ccc(C(O)c2ccccc2CO)cc1. The summed E-state index contributed by atoms with van der Waals surface area (Å²) >= 11 is 0. The summed E-state index contributed by atoms with van der Waals surface area (Å²) in [4.78, 5) is 0. The summed E-state index contributed by atoms with van der Waals surface area (Å²) in [5, 5.41) is 19.6. The standard InChI is InChI=1S/C15H16O3/c1-18-13-8-6-11(7-9-13)15(17)14-5-3-2-4-12(14)10-16/h2-9,15-17H,10H2,1H3. The molecular formula is C15H16O3. The van der Waals surface area contributed by atoms with Gasteiger partial charge in [0, 0.05) is 0 Å². The summed E-state index contributed by atoms with van der Waals surface area (Å²) in [7, 11) is 1.60. The predicted octanol–water partition coefficient (Wildman–Crippen LogP) is 2.27. The topological polar surface area (TPSA) is 49.7 Å². The molecule has 1 atom stereocenters. The van der Waals surface area contributed by atoms with Gasteiger partial charge in [0.25, 0.3) is 0 Å². The molecule has 2 aromatic carbocycles. The quantitative estimate of drug-likeness (QED) is 0.867. The van der Waals surface area contributed by atoms with Crippen molar-refractivity contribution in [2.45, 2.75) is 12.7 Å². The first kappa shape index (κ1) is 12.6. The summed E-state index contributed by atoms with van der Waals surface area (Å²) in [6.45, 7) is -0.0800. The fourth-order valence-electron chi connectivity index (χ4n) is 1.91. The maximum Gasteiger partial charge on any atom is 0.118 e. The zero-order valence-electron chi connectivity index (χ0n) is 10.2. The maximum absolute atomic E-state index is 10.3. The van der Waals surface area contributed by atoms with Crippen molar-refractivity contribution in [3.8, 4) is 5.75 Å². The first-order valence-electron chi connectivity index (χ1n) is 5.77. The molecule has 0 radical (unpaired) electrons. The Hall–Kier alpha value is -1.84. The Labute approximate surface area is 106 Å². The number of hydrogen-bond acceptors (Lipinski definition) is 3. The number of ether oxygens (including phenoxy) is 1. The Morgan fingerprint density at radius 1 is 1.06 bits per heavy atom. The number of aliphatic hydroxyl groups is 2. The highest BCUT2D eigenvalue weighted by atomic mass is 16.5. The van der Waals surface area contributed by atoms with E-state index >= 15 is 0 Å². The van der Waals surface area contributed by atoms with Crippen molar-refractivity contribution in [3.05, 3.63) is 65.2 Å². The van der Waals surface area contributed by atoms with Crippen LogP contribution < -0.4 is 4.74 Å². The third-order valence-electron chi connectivity index (χ3n) is 2.95. The van der Waals surface area contributed by atoms with Crippen molar-refractivity contribution >= 4 is 0 Å². The van der Waals surface area contributed by atoms with Crippen LogP contribution in [-0.2, 0) is 6.61 Å². The van der Waals surface area contributed by atoms with Crippen LogP contribution in [0.25, 0.3) is 0 Å². The van der Waals surface area contributed by atoms with E-state index in [-0.39, 0.29) is 6.61 Å². The van der Waals surface area contributed by atoms with Crippen LogP contribution >= 0.6 is 0 Å². The first-order valence-corrected chi connectivity index (χ1v) is 5.77. The van der Waals surface area contributed by atoms with Gasteiger partial charge in [-0.3, -0.25) is 0 Å². The number of benzene rings is 2. The van der Waals surface area contributed by atoms with E-state index in [2.05, 4.69) is 0 Å². The van der Waals surface area contributed by atoms with E-state index in [9.17, 15) is 10.2 Å². The molecule has 0 aliphatic carbocycles. The van der Waals surface area contributed by atoms with Gasteiger partial charge in [-0.15, -0.1) is 0 Å². The Bertz CT molecular complexity index is 505. The van der Waals surface area contributed by atoms with Crippen molar-refractivity contribution in [1.29, 1.82) is 0 Å². The van der Waals surface area contributed by atoms with Crippen LogP contribution in [0.2, 0.25) is 0 Å². The van der Waals surface area contributed by atoms with E-state index in [0.717, 1.165) is 22.4 Å². The predicted molar refractivity (Wildman–Crippen MR) is 69.4 cm³/mol. The molecule has 0 saturated carbocycles. The number of hydrogen-bond donors (Lipinski definition) is 2. The molecule has 1 unspecified atom stereocenters. The third-order valence-corrected chi connectivity index (χ3v) is 2.95. The van der Waals surface area contributed by atoms with E-state index in [4.69, 9.17) is 4.74 Å². The molecule has 18 heavy (non-hydrogen) atoms. The summed E-state index contributed by atoms with van der Waals surface area (Å²) in [6.07, 6.45) is -0.737. The zero-order chi connectivity index (χ0) is 13.0. The molecule has 0 heterocycles. The molecule has 2 aromatic rings. The van der Waals surface area contributed by atoms with E-state index < -0.39 is 6.10 Å². The van der Waals surface area contributed by atoms with E-state index in [1.807, 2.05) is 36.4 Å². The lowest BCUT2D eigenvalue weighted by atomic mass is 9.97. The van der Waals surface area contributed by atoms with Gasteiger partial charge in [-0.1, -0.05) is 36.4 Å². The molecule has 2 N–H and O–H groups in total. The summed E-state index contributed by atoms with van der Waals surface area (Å²) < 4.78 is 5.08. The van der Waals surface area contributed by atoms with E-state index in [1.165, 1.54) is 0 Å². The van der Waals surface area contributed by atoms with E-state index in [0.29, 0.717) is 0 Å². The highest BCUT2D eigenvalue weighted by Gasteiger charge is 2.13. The van der Waals surface area contributed by atoms with Crippen molar-refractivity contribution < 1.29 is 14.9 Å². The van der Waals surface area contributed by atoms with Gasteiger partial charge >= 0.3 is 0 Å². The Morgan fingerprint density at radius 2 is 1.72 bits per heavy atom. The summed E-state index contributed by atoms with van der Waals surface area (Å²) in [6, 6.07) is 14.6. The molecule has 2 rings (SSSR count). The fourth-order valence-corrected chi connectivity index (χ4v) is 1.91. The zero-order valence-corrected chi connectivity index (χ0v) is 10.2. The molecular weight excluding hydrogens is 228 g/mol. The van der Waals surface area contributed by atoms with Crippen molar-refractivity contribution in [2.24, 2.45) is 0 Å². The minimum Gasteiger partial charge on any atom is -0.497 e. The van der Waals surface area contributed by atoms with Gasteiger partial charge in [-0.05, 0) is 28.8 Å². The lowest BCUT2D eigenvalue weighted by Crippen LogP contribution is -2.03. The van der Waals surface area contributed by atoms with Crippen molar-refractivity contribution in [1.82, 2.24) is 0 Å². The molecule has 0 fully saturated rings. The van der Waals surface area contributed by atoms with Gasteiger partial charge in [-0.25, -0.2) is 0 Å². The van der Waals surface area contributed by atoms with Gasteiger partial charge < -0.3 is 14.9 Å². The Morgan fingerprint density at radius 3 is 2.33 bits per heavy atom. The normalized spacial score (nSPS) is 12.2. The number of aliphatic hydroxyl groups excluding tert-OH is 2. The molecule has 0 saturated heterocycles. The van der Waals surface area contributed by atoms with Gasteiger partial charge in [-0.2, -0.15) is 0 Å². The second-order valence-electron chi connectivity index (χ2n) is 4.03. The van der Waals surface area contributed by atoms with Crippen molar-refractivity contribution in [3.63, 3.8) is 0 Å². The van der Waals surface area contributed by atoms with Crippen LogP contribution in [0, 0.1) is 0 Å². The molecule has 94 valence electrons. The maximum atomic E-state index is 10.3. The Balaban J connectivity index is 2.31. The van der Waals surface area contributed by atoms with Crippen LogP contribution in [0.4, 0.5) is 0 Å². The monoisotopic (exact) mass is 244 g/mol. The van der Waals surface area contributed by atoms with Crippen LogP contribution in [0.1, 0.15) is 22.8 Å². The smallest absolute Gasteiger partial charge is 0.118 e. The minimum absolute atomic E-state index is 0.0800. The van der Waals surface area contributed by atoms with Crippen LogP contribution in [-0.4, -0.2) is 17.3 Å². The average Bonchev–Trinajstić information content (AvgIpc) is 2.46. The molecule has 0 bridgehead atoms. The summed E-state index contributed by atoms with van der Waals surface area (Å²) in [5.41, 5.74) is 2.24. The van der Waals surface area contributed by atoms with Gasteiger partial charge in [0.2, 0.25) is 0 Å². The first-order chi connectivity index (χ1) is 8.76. The summed E-state index contributed by atoms with van der Waals surface area (Å²) in [5.74, 6) is 0.751. The van der Waals surface area contributed by atoms with Crippen LogP contribution in [0.5, 0.6) is 5.75 Å². The van der Waals surface area contributed by atoms with Crippen LogP contribution in [0.15, 0.2) is 48.5 Å². The fraction of sp³-hybridized carbons (Fsp3) is 0.200. The second kappa shape index (κ2) is 5.67. The molecule has 3 nitrogen and oxygen atoms in total. The molecule has 0 aliphatic rings. The number of methoxy groups -OCH3 is 1. The lowest BCUT2D eigenvalue weighted by Gasteiger charge is -2.15. The van der Waals surface area contributed by atoms with Crippen molar-refractivity contribution in [2.75, 3.05) is 7.11 Å². The second-order valence-corrected chi connectivity index (χ2v) is 4.03. The molecule has 0 spiro atoms. The van der Waals surface area contributed by atoms with E-state index in [1.54, 1.807) is 19.2 Å². The third kappa shape index (κ3) is 2.53. The molecule has 0 amide bonds. The molecule has 3 heteroatoms. The average molecular weight is 244 g/mol. The van der Waals surface area contributed by atoms with Gasteiger partial charge in [0.05, 0.1) is 13.7 Å². The Kier molecular flexibility index (Phi) is 3.97. The molecule has 0 aromatic heterocycles. The minimum atomic E-state index is -0.737. The number of rotatable bonds is 4. The molecule has 0 aliphatic heterocycles. The van der Waals surface area contributed by atoms with Crippen LogP contribution in [0.3, 0.4) is 0 Å².